The van der Waals surface area contributed by atoms with Crippen molar-refractivity contribution in [3.8, 4) is 0 Å². The van der Waals surface area contributed by atoms with Crippen LogP contribution in [0.3, 0.4) is 0 Å². The molecule has 0 saturated carbocycles. The van der Waals surface area contributed by atoms with Gasteiger partial charge in [-0.05, 0) is 31.0 Å². The van der Waals surface area contributed by atoms with E-state index >= 15 is 0 Å². The zero-order valence-electron chi connectivity index (χ0n) is 12.5. The lowest BCUT2D eigenvalue weighted by molar-refractivity contribution is 0.0952. The molecule has 1 N–H and O–H groups in total. The highest BCUT2D eigenvalue weighted by molar-refractivity contribution is 9.10. The molecule has 0 aliphatic heterocycles. The number of hydrogen-bond donors (Lipinski definition) is 1. The summed E-state index contributed by atoms with van der Waals surface area (Å²) in [7, 11) is -3.17. The lowest BCUT2D eigenvalue weighted by Gasteiger charge is -2.17. The van der Waals surface area contributed by atoms with Crippen molar-refractivity contribution < 1.29 is 13.2 Å². The van der Waals surface area contributed by atoms with Crippen LogP contribution in [0.15, 0.2) is 22.7 Å². The summed E-state index contributed by atoms with van der Waals surface area (Å²) in [5, 5.41) is 2.82. The molecular formula is C14H21BrN2O3S. The first kappa shape index (κ1) is 18.1. The second-order valence-electron chi connectivity index (χ2n) is 4.82. The summed E-state index contributed by atoms with van der Waals surface area (Å²) in [6.45, 7) is 4.97. The van der Waals surface area contributed by atoms with Crippen molar-refractivity contribution in [2.24, 2.45) is 0 Å². The molecule has 0 aliphatic rings. The molecule has 1 rings (SSSR count). The minimum absolute atomic E-state index is 0.142. The van der Waals surface area contributed by atoms with E-state index in [9.17, 15) is 13.2 Å². The average Bonchev–Trinajstić information content (AvgIpc) is 2.39. The summed E-state index contributed by atoms with van der Waals surface area (Å²) < 4.78 is 25.1. The second-order valence-corrected chi connectivity index (χ2v) is 7.72. The van der Waals surface area contributed by atoms with E-state index in [1.165, 1.54) is 10.6 Å². The summed E-state index contributed by atoms with van der Waals surface area (Å²) in [4.78, 5) is 12.1. The van der Waals surface area contributed by atoms with Gasteiger partial charge in [0.25, 0.3) is 5.91 Å². The van der Waals surface area contributed by atoms with Crippen LogP contribution in [0.4, 0.5) is 0 Å². The molecule has 0 heterocycles. The Morgan fingerprint density at radius 3 is 2.62 bits per heavy atom. The number of nitrogens with zero attached hydrogens (tertiary/aromatic N) is 1. The van der Waals surface area contributed by atoms with Gasteiger partial charge in [0.05, 0.1) is 6.26 Å². The molecule has 0 aromatic heterocycles. The molecule has 1 aromatic carbocycles. The van der Waals surface area contributed by atoms with Gasteiger partial charge >= 0.3 is 0 Å². The van der Waals surface area contributed by atoms with Crippen LogP contribution in [0.25, 0.3) is 0 Å². The molecule has 0 radical (unpaired) electrons. The number of carbonyl (C=O) groups excluding carboxylic acids is 1. The molecule has 0 unspecified atom stereocenters. The highest BCUT2D eigenvalue weighted by atomic mass is 79.9. The van der Waals surface area contributed by atoms with Gasteiger partial charge in [0.2, 0.25) is 10.0 Å². The first-order valence-electron chi connectivity index (χ1n) is 6.75. The maximum absolute atomic E-state index is 12.1. The van der Waals surface area contributed by atoms with Gasteiger partial charge < -0.3 is 5.32 Å². The Bertz CT molecular complexity index is 602. The Kier molecular flexibility index (Phi) is 6.83. The highest BCUT2D eigenvalue weighted by Gasteiger charge is 2.14. The molecule has 21 heavy (non-hydrogen) atoms. The van der Waals surface area contributed by atoms with Crippen LogP contribution in [0.5, 0.6) is 0 Å². The van der Waals surface area contributed by atoms with Crippen LogP contribution in [-0.4, -0.2) is 44.5 Å². The smallest absolute Gasteiger partial charge is 0.251 e. The van der Waals surface area contributed by atoms with E-state index in [-0.39, 0.29) is 5.91 Å². The van der Waals surface area contributed by atoms with Crippen molar-refractivity contribution in [3.05, 3.63) is 33.8 Å². The first-order valence-corrected chi connectivity index (χ1v) is 9.39. The number of aryl methyl sites for hydroxylation is 1. The predicted octanol–water partition coefficient (Wildman–Crippen LogP) is 2.16. The van der Waals surface area contributed by atoms with E-state index in [2.05, 4.69) is 21.2 Å². The van der Waals surface area contributed by atoms with E-state index in [1.54, 1.807) is 13.0 Å². The largest absolute Gasteiger partial charge is 0.352 e. The fraction of sp³-hybridized carbons (Fsp3) is 0.500. The summed E-state index contributed by atoms with van der Waals surface area (Å²) >= 11 is 3.34. The van der Waals surface area contributed by atoms with Crippen LogP contribution < -0.4 is 5.32 Å². The summed E-state index contributed by atoms with van der Waals surface area (Å²) in [6, 6.07) is 5.54. The third-order valence-corrected chi connectivity index (χ3v) is 5.01. The van der Waals surface area contributed by atoms with Crippen LogP contribution in [-0.2, 0) is 10.0 Å². The van der Waals surface area contributed by atoms with E-state index in [1.807, 2.05) is 19.1 Å². The Morgan fingerprint density at radius 1 is 1.38 bits per heavy atom. The number of benzene rings is 1. The molecule has 0 atom stereocenters. The Hall–Kier alpha value is -0.920. The van der Waals surface area contributed by atoms with E-state index in [0.717, 1.165) is 10.0 Å². The maximum atomic E-state index is 12.1. The van der Waals surface area contributed by atoms with Crippen molar-refractivity contribution in [3.63, 3.8) is 0 Å². The van der Waals surface area contributed by atoms with Crippen molar-refractivity contribution in [2.45, 2.75) is 20.3 Å². The van der Waals surface area contributed by atoms with Crippen molar-refractivity contribution in [2.75, 3.05) is 25.9 Å². The molecule has 0 aliphatic carbocycles. The molecule has 7 heteroatoms. The van der Waals surface area contributed by atoms with Gasteiger partial charge in [0, 0.05) is 29.7 Å². The zero-order valence-corrected chi connectivity index (χ0v) is 14.9. The molecule has 118 valence electrons. The van der Waals surface area contributed by atoms with Gasteiger partial charge in [0.15, 0.2) is 0 Å². The van der Waals surface area contributed by atoms with Gasteiger partial charge in [-0.15, -0.1) is 0 Å². The lowest BCUT2D eigenvalue weighted by Crippen LogP contribution is -2.33. The van der Waals surface area contributed by atoms with Gasteiger partial charge in [-0.25, -0.2) is 12.7 Å². The zero-order chi connectivity index (χ0) is 16.0. The topological polar surface area (TPSA) is 66.5 Å². The molecule has 0 fully saturated rings. The third-order valence-electron chi connectivity index (χ3n) is 3.14. The predicted molar refractivity (Wildman–Crippen MR) is 87.9 cm³/mol. The number of carbonyl (C=O) groups is 1. The van der Waals surface area contributed by atoms with Gasteiger partial charge in [-0.2, -0.15) is 0 Å². The van der Waals surface area contributed by atoms with E-state index in [0.29, 0.717) is 31.6 Å². The fourth-order valence-corrected chi connectivity index (χ4v) is 3.24. The highest BCUT2D eigenvalue weighted by Crippen LogP contribution is 2.15. The van der Waals surface area contributed by atoms with Gasteiger partial charge in [-0.1, -0.05) is 28.9 Å². The SMILES string of the molecule is CCN(CCCNC(=O)c1cc(Br)ccc1C)S(C)(=O)=O. The molecule has 1 amide bonds. The molecule has 0 bridgehead atoms. The van der Waals surface area contributed by atoms with Crippen LogP contribution in [0.1, 0.15) is 29.3 Å². The van der Waals surface area contributed by atoms with Crippen molar-refractivity contribution >= 4 is 31.9 Å². The van der Waals surface area contributed by atoms with E-state index < -0.39 is 10.0 Å². The average molecular weight is 377 g/mol. The molecule has 0 spiro atoms. The minimum atomic E-state index is -3.17. The summed E-state index contributed by atoms with van der Waals surface area (Å²) in [5.41, 5.74) is 1.53. The normalized spacial score (nSPS) is 11.7. The monoisotopic (exact) mass is 376 g/mol. The Balaban J connectivity index is 2.49. The van der Waals surface area contributed by atoms with E-state index in [4.69, 9.17) is 0 Å². The van der Waals surface area contributed by atoms with Crippen LogP contribution in [0.2, 0.25) is 0 Å². The second kappa shape index (κ2) is 7.91. The molecular weight excluding hydrogens is 356 g/mol. The number of rotatable bonds is 7. The lowest BCUT2D eigenvalue weighted by atomic mass is 10.1. The molecule has 1 aromatic rings. The van der Waals surface area contributed by atoms with Crippen molar-refractivity contribution in [1.29, 1.82) is 0 Å². The Morgan fingerprint density at radius 2 is 2.05 bits per heavy atom. The first-order chi connectivity index (χ1) is 9.75. The van der Waals surface area contributed by atoms with Gasteiger partial charge in [0.1, 0.15) is 0 Å². The van der Waals surface area contributed by atoms with Crippen LogP contribution >= 0.6 is 15.9 Å². The van der Waals surface area contributed by atoms with Crippen molar-refractivity contribution in [1.82, 2.24) is 9.62 Å². The third kappa shape index (κ3) is 5.76. The number of hydrogen-bond acceptors (Lipinski definition) is 3. The van der Waals surface area contributed by atoms with Crippen LogP contribution in [0, 0.1) is 6.92 Å². The standard InChI is InChI=1S/C14H21BrN2O3S/c1-4-17(21(3,19)20)9-5-8-16-14(18)13-10-12(15)7-6-11(13)2/h6-7,10H,4-5,8-9H2,1-3H3,(H,16,18). The summed E-state index contributed by atoms with van der Waals surface area (Å²) in [6.07, 6.45) is 1.78. The molecule has 0 saturated heterocycles. The van der Waals surface area contributed by atoms with Gasteiger partial charge in [-0.3, -0.25) is 4.79 Å². The minimum Gasteiger partial charge on any atom is -0.352 e. The summed E-state index contributed by atoms with van der Waals surface area (Å²) in [5.74, 6) is -0.142. The molecule has 5 nitrogen and oxygen atoms in total. The number of sulfonamides is 1. The Labute approximate surface area is 134 Å². The quantitative estimate of drug-likeness (QED) is 0.741. The fourth-order valence-electron chi connectivity index (χ4n) is 1.95. The number of nitrogens with one attached hydrogen (secondary N) is 1. The maximum Gasteiger partial charge on any atom is 0.251 e. The number of amides is 1. The number of halogens is 1.